The number of halogens is 1. The Morgan fingerprint density at radius 1 is 1.59 bits per heavy atom. The quantitative estimate of drug-likeness (QED) is 0.815. The van der Waals surface area contributed by atoms with Crippen LogP contribution < -0.4 is 4.90 Å². The monoisotopic (exact) mass is 251 g/mol. The first-order valence-corrected chi connectivity index (χ1v) is 6.04. The number of hydrogen-bond acceptors (Lipinski definition) is 4. The van der Waals surface area contributed by atoms with Gasteiger partial charge in [0.1, 0.15) is 11.0 Å². The van der Waals surface area contributed by atoms with Gasteiger partial charge in [-0.25, -0.2) is 4.98 Å². The average Bonchev–Trinajstić information content (AvgIpc) is 2.38. The van der Waals surface area contributed by atoms with Crippen LogP contribution in [-0.4, -0.2) is 29.8 Å². The largest absolute Gasteiger partial charge is 0.396 e. The van der Waals surface area contributed by atoms with Gasteiger partial charge in [0.2, 0.25) is 0 Å². The number of aliphatic hydroxyl groups is 1. The lowest BCUT2D eigenvalue weighted by molar-refractivity contribution is 0.208. The number of aliphatic hydroxyl groups excluding tert-OH is 1. The second-order valence-electron chi connectivity index (χ2n) is 4.29. The molecule has 5 heteroatoms. The van der Waals surface area contributed by atoms with E-state index in [9.17, 15) is 5.11 Å². The second kappa shape index (κ2) is 5.35. The molecule has 0 saturated carbocycles. The van der Waals surface area contributed by atoms with E-state index in [2.05, 4.69) is 16.0 Å². The van der Waals surface area contributed by atoms with Crippen LogP contribution in [0, 0.1) is 17.2 Å². The topological polar surface area (TPSA) is 60.2 Å². The molecule has 2 heterocycles. The van der Waals surface area contributed by atoms with E-state index in [1.807, 2.05) is 0 Å². The van der Waals surface area contributed by atoms with E-state index in [1.54, 1.807) is 12.1 Å². The Bertz CT molecular complexity index is 444. The summed E-state index contributed by atoms with van der Waals surface area (Å²) >= 11 is 5.88. The number of rotatable bonds is 2. The van der Waals surface area contributed by atoms with Gasteiger partial charge >= 0.3 is 0 Å². The van der Waals surface area contributed by atoms with Crippen LogP contribution in [0.25, 0.3) is 0 Å². The molecule has 1 saturated heterocycles. The zero-order valence-corrected chi connectivity index (χ0v) is 10.2. The van der Waals surface area contributed by atoms with Crippen molar-refractivity contribution in [3.8, 4) is 6.07 Å². The number of piperidine rings is 1. The summed E-state index contributed by atoms with van der Waals surface area (Å²) in [5, 5.41) is 18.4. The van der Waals surface area contributed by atoms with Gasteiger partial charge in [0.15, 0.2) is 0 Å². The van der Waals surface area contributed by atoms with Crippen LogP contribution in [0.1, 0.15) is 18.4 Å². The molecule has 90 valence electrons. The standard InChI is InChI=1S/C12H14ClN3O/c13-11-4-10(6-14)5-12(15-11)16-3-1-2-9(7-16)8-17/h4-5,9,17H,1-3,7-8H2. The maximum atomic E-state index is 9.19. The zero-order valence-electron chi connectivity index (χ0n) is 9.43. The molecular weight excluding hydrogens is 238 g/mol. The van der Waals surface area contributed by atoms with Crippen molar-refractivity contribution < 1.29 is 5.11 Å². The van der Waals surface area contributed by atoms with E-state index in [0.717, 1.165) is 31.7 Å². The third-order valence-corrected chi connectivity index (χ3v) is 3.20. The van der Waals surface area contributed by atoms with Gasteiger partial charge in [0.25, 0.3) is 0 Å². The molecule has 1 fully saturated rings. The van der Waals surface area contributed by atoms with Crippen molar-refractivity contribution in [3.63, 3.8) is 0 Å². The number of anilines is 1. The van der Waals surface area contributed by atoms with Crippen molar-refractivity contribution in [1.29, 1.82) is 5.26 Å². The number of hydrogen-bond donors (Lipinski definition) is 1. The first-order valence-electron chi connectivity index (χ1n) is 5.66. The lowest BCUT2D eigenvalue weighted by Crippen LogP contribution is -2.37. The van der Waals surface area contributed by atoms with Gasteiger partial charge in [0.05, 0.1) is 11.6 Å². The number of pyridine rings is 1. The van der Waals surface area contributed by atoms with Crippen LogP contribution in [0.5, 0.6) is 0 Å². The third-order valence-electron chi connectivity index (χ3n) is 3.01. The fraction of sp³-hybridized carbons (Fsp3) is 0.500. The Labute approximate surface area is 105 Å². The predicted molar refractivity (Wildman–Crippen MR) is 66.0 cm³/mol. The number of aromatic nitrogens is 1. The first kappa shape index (κ1) is 12.2. The van der Waals surface area contributed by atoms with Crippen LogP contribution >= 0.6 is 11.6 Å². The number of nitriles is 1. The highest BCUT2D eigenvalue weighted by Gasteiger charge is 2.20. The average molecular weight is 252 g/mol. The molecule has 1 unspecified atom stereocenters. The molecule has 17 heavy (non-hydrogen) atoms. The summed E-state index contributed by atoms with van der Waals surface area (Å²) in [5.41, 5.74) is 0.520. The summed E-state index contributed by atoms with van der Waals surface area (Å²) in [5.74, 6) is 1.02. The molecule has 0 radical (unpaired) electrons. The summed E-state index contributed by atoms with van der Waals surface area (Å²) < 4.78 is 0. The Morgan fingerprint density at radius 3 is 3.12 bits per heavy atom. The van der Waals surface area contributed by atoms with Gasteiger partial charge in [-0.15, -0.1) is 0 Å². The summed E-state index contributed by atoms with van der Waals surface area (Å²) in [6, 6.07) is 5.37. The van der Waals surface area contributed by atoms with Crippen LogP contribution in [0.2, 0.25) is 5.15 Å². The van der Waals surface area contributed by atoms with Crippen molar-refractivity contribution in [1.82, 2.24) is 4.98 Å². The maximum Gasteiger partial charge on any atom is 0.132 e. The summed E-state index contributed by atoms with van der Waals surface area (Å²) in [7, 11) is 0. The Kier molecular flexibility index (Phi) is 3.82. The van der Waals surface area contributed by atoms with E-state index in [0.29, 0.717) is 10.7 Å². The fourth-order valence-electron chi connectivity index (χ4n) is 2.13. The highest BCUT2D eigenvalue weighted by Crippen LogP contribution is 2.23. The van der Waals surface area contributed by atoms with E-state index >= 15 is 0 Å². The van der Waals surface area contributed by atoms with Crippen molar-refractivity contribution in [3.05, 3.63) is 22.8 Å². The molecule has 0 bridgehead atoms. The van der Waals surface area contributed by atoms with Gasteiger partial charge < -0.3 is 10.0 Å². The minimum atomic E-state index is 0.197. The smallest absolute Gasteiger partial charge is 0.132 e. The Balaban J connectivity index is 2.21. The molecule has 1 aromatic rings. The minimum Gasteiger partial charge on any atom is -0.396 e. The van der Waals surface area contributed by atoms with Gasteiger partial charge in [-0.3, -0.25) is 0 Å². The van der Waals surface area contributed by atoms with Crippen LogP contribution in [-0.2, 0) is 0 Å². The summed E-state index contributed by atoms with van der Waals surface area (Å²) in [4.78, 5) is 6.31. The molecule has 1 atom stereocenters. The molecule has 1 aliphatic heterocycles. The third kappa shape index (κ3) is 2.87. The van der Waals surface area contributed by atoms with Gasteiger partial charge in [-0.1, -0.05) is 11.6 Å². The highest BCUT2D eigenvalue weighted by molar-refractivity contribution is 6.29. The predicted octanol–water partition coefficient (Wildman–Crippen LogP) is 1.82. The van der Waals surface area contributed by atoms with Gasteiger partial charge in [-0.05, 0) is 30.9 Å². The SMILES string of the molecule is N#Cc1cc(Cl)nc(N2CCCC(CO)C2)c1. The molecule has 1 aliphatic rings. The van der Waals surface area contributed by atoms with E-state index < -0.39 is 0 Å². The molecule has 0 amide bonds. The lowest BCUT2D eigenvalue weighted by atomic mass is 9.99. The van der Waals surface area contributed by atoms with Crippen LogP contribution in [0.4, 0.5) is 5.82 Å². The molecule has 2 rings (SSSR count). The number of nitrogens with zero attached hydrogens (tertiary/aromatic N) is 3. The highest BCUT2D eigenvalue weighted by atomic mass is 35.5. The van der Waals surface area contributed by atoms with Crippen LogP contribution in [0.3, 0.4) is 0 Å². The van der Waals surface area contributed by atoms with Gasteiger partial charge in [0, 0.05) is 19.7 Å². The summed E-state index contributed by atoms with van der Waals surface area (Å²) in [6.45, 7) is 1.87. The maximum absolute atomic E-state index is 9.19. The normalized spacial score (nSPS) is 20.1. The second-order valence-corrected chi connectivity index (χ2v) is 4.67. The van der Waals surface area contributed by atoms with Crippen molar-refractivity contribution in [2.24, 2.45) is 5.92 Å². The molecule has 4 nitrogen and oxygen atoms in total. The van der Waals surface area contributed by atoms with Crippen molar-refractivity contribution in [2.45, 2.75) is 12.8 Å². The molecular formula is C12H14ClN3O. The summed E-state index contributed by atoms with van der Waals surface area (Å²) in [6.07, 6.45) is 2.07. The first-order chi connectivity index (χ1) is 8.22. The van der Waals surface area contributed by atoms with E-state index in [4.69, 9.17) is 16.9 Å². The molecule has 0 spiro atoms. The Hall–Kier alpha value is -1.31. The molecule has 0 aliphatic carbocycles. The van der Waals surface area contributed by atoms with E-state index in [-0.39, 0.29) is 12.5 Å². The molecule has 0 aromatic carbocycles. The van der Waals surface area contributed by atoms with Crippen molar-refractivity contribution >= 4 is 17.4 Å². The van der Waals surface area contributed by atoms with E-state index in [1.165, 1.54) is 0 Å². The Morgan fingerprint density at radius 2 is 2.41 bits per heavy atom. The molecule has 1 aromatic heterocycles. The molecule has 1 N–H and O–H groups in total. The zero-order chi connectivity index (χ0) is 12.3. The fourth-order valence-corrected chi connectivity index (χ4v) is 2.34. The van der Waals surface area contributed by atoms with Gasteiger partial charge in [-0.2, -0.15) is 5.26 Å². The van der Waals surface area contributed by atoms with Crippen LogP contribution in [0.15, 0.2) is 12.1 Å². The van der Waals surface area contributed by atoms with Crippen molar-refractivity contribution in [2.75, 3.05) is 24.6 Å². The minimum absolute atomic E-state index is 0.197. The lowest BCUT2D eigenvalue weighted by Gasteiger charge is -2.32.